The van der Waals surface area contributed by atoms with Gasteiger partial charge in [0.2, 0.25) is 0 Å². The Balaban J connectivity index is 1.10. The van der Waals surface area contributed by atoms with Crippen molar-refractivity contribution in [1.29, 1.82) is 0 Å². The average Bonchev–Trinajstić information content (AvgIpc) is 3.01. The Labute approximate surface area is 244 Å². The summed E-state index contributed by atoms with van der Waals surface area (Å²) in [5.41, 5.74) is 26.6. The van der Waals surface area contributed by atoms with Gasteiger partial charge >= 0.3 is 0 Å². The lowest BCUT2D eigenvalue weighted by Crippen LogP contribution is -2.37. The number of benzene rings is 2. The van der Waals surface area contributed by atoms with Crippen molar-refractivity contribution in [2.24, 2.45) is 55.0 Å². The smallest absolute Gasteiger partial charge is 0.185 e. The van der Waals surface area contributed by atoms with Crippen LogP contribution in [0.4, 0.5) is 0 Å². The minimum absolute atomic E-state index is 0.301. The normalized spacial score (nSPS) is 18.6. The molecule has 2 aromatic carbocycles. The lowest BCUT2D eigenvalue weighted by atomic mass is 9.87. The third-order valence-electron chi connectivity index (χ3n) is 7.98. The fraction of sp³-hybridized carbons (Fsp3) is 0.484. The Morgan fingerprint density at radius 1 is 0.561 bits per heavy atom. The number of nitrogens with zero attached hydrogens (tertiary/aromatic N) is 6. The van der Waals surface area contributed by atoms with Crippen LogP contribution in [0.3, 0.4) is 0 Å². The van der Waals surface area contributed by atoms with E-state index in [0.717, 1.165) is 74.8 Å². The van der Waals surface area contributed by atoms with Crippen LogP contribution in [0.15, 0.2) is 80.9 Å². The second-order valence-corrected chi connectivity index (χ2v) is 11.1. The Hall–Kier alpha value is -4.08. The van der Waals surface area contributed by atoms with E-state index < -0.39 is 0 Å². The van der Waals surface area contributed by atoms with Crippen molar-refractivity contribution in [3.05, 3.63) is 71.8 Å². The van der Waals surface area contributed by atoms with Gasteiger partial charge in [-0.25, -0.2) is 0 Å². The first-order valence-electron chi connectivity index (χ1n) is 14.8. The number of amidine groups is 4. The molecule has 0 aromatic heterocycles. The summed E-state index contributed by atoms with van der Waals surface area (Å²) >= 11 is 0. The number of hydrazone groups is 2. The largest absolute Gasteiger partial charge is 0.381 e. The van der Waals surface area contributed by atoms with Crippen LogP contribution in [0.2, 0.25) is 0 Å². The SMILES string of the molecule is NC(=NCc1ccccc1)C(N)=NN1CCC(CCCC2CCN(N=C(N)C(N)=NCc3ccccc3)CC2)CC1. The van der Waals surface area contributed by atoms with Gasteiger partial charge in [0.15, 0.2) is 23.3 Å². The van der Waals surface area contributed by atoms with E-state index >= 15 is 0 Å². The van der Waals surface area contributed by atoms with Gasteiger partial charge in [0, 0.05) is 26.2 Å². The second kappa shape index (κ2) is 15.6. The van der Waals surface area contributed by atoms with Crippen molar-refractivity contribution in [3.8, 4) is 0 Å². The van der Waals surface area contributed by atoms with Crippen molar-refractivity contribution in [2.45, 2.75) is 58.0 Å². The van der Waals surface area contributed by atoms with Crippen molar-refractivity contribution >= 4 is 23.3 Å². The maximum Gasteiger partial charge on any atom is 0.185 e. The second-order valence-electron chi connectivity index (χ2n) is 11.1. The quantitative estimate of drug-likeness (QED) is 0.259. The van der Waals surface area contributed by atoms with E-state index in [9.17, 15) is 0 Å². The molecule has 2 saturated heterocycles. The highest BCUT2D eigenvalue weighted by Crippen LogP contribution is 2.27. The summed E-state index contributed by atoms with van der Waals surface area (Å²) in [5.74, 6) is 2.70. The van der Waals surface area contributed by atoms with Gasteiger partial charge in [-0.15, -0.1) is 0 Å². The monoisotopic (exact) mass is 558 g/mol. The molecule has 2 fully saturated rings. The average molecular weight is 559 g/mol. The number of aliphatic imine (C=N–C) groups is 2. The molecular formula is C31H46N10. The van der Waals surface area contributed by atoms with Crippen LogP contribution >= 0.6 is 0 Å². The molecule has 2 aromatic rings. The van der Waals surface area contributed by atoms with Gasteiger partial charge in [-0.05, 0) is 48.6 Å². The molecule has 0 bridgehead atoms. The van der Waals surface area contributed by atoms with Gasteiger partial charge in [-0.1, -0.05) is 79.9 Å². The number of rotatable bonds is 10. The molecule has 0 atom stereocenters. The molecule has 10 nitrogen and oxygen atoms in total. The topological polar surface area (TPSA) is 160 Å². The van der Waals surface area contributed by atoms with Crippen LogP contribution in [-0.2, 0) is 13.1 Å². The zero-order chi connectivity index (χ0) is 28.9. The summed E-state index contributed by atoms with van der Waals surface area (Å²) in [6.07, 6.45) is 8.36. The summed E-state index contributed by atoms with van der Waals surface area (Å²) in [4.78, 5) is 8.78. The van der Waals surface area contributed by atoms with E-state index in [1.807, 2.05) is 70.7 Å². The molecule has 10 heteroatoms. The zero-order valence-electron chi connectivity index (χ0n) is 24.1. The van der Waals surface area contributed by atoms with Crippen LogP contribution in [-0.4, -0.2) is 59.5 Å². The van der Waals surface area contributed by atoms with Crippen molar-refractivity contribution in [2.75, 3.05) is 26.2 Å². The molecule has 2 aliphatic heterocycles. The zero-order valence-corrected chi connectivity index (χ0v) is 24.1. The molecule has 4 rings (SSSR count). The van der Waals surface area contributed by atoms with Gasteiger partial charge in [-0.3, -0.25) is 20.0 Å². The maximum atomic E-state index is 6.12. The van der Waals surface area contributed by atoms with Crippen molar-refractivity contribution < 1.29 is 0 Å². The first-order valence-corrected chi connectivity index (χ1v) is 14.8. The van der Waals surface area contributed by atoms with Crippen LogP contribution < -0.4 is 22.9 Å². The van der Waals surface area contributed by atoms with E-state index in [4.69, 9.17) is 22.9 Å². The minimum atomic E-state index is 0.301. The van der Waals surface area contributed by atoms with Crippen LogP contribution in [0, 0.1) is 11.8 Å². The van der Waals surface area contributed by atoms with Gasteiger partial charge < -0.3 is 22.9 Å². The number of piperidine rings is 2. The highest BCUT2D eigenvalue weighted by atomic mass is 15.5. The highest BCUT2D eigenvalue weighted by Gasteiger charge is 2.21. The van der Waals surface area contributed by atoms with Gasteiger partial charge in [-0.2, -0.15) is 10.2 Å². The summed E-state index contributed by atoms with van der Waals surface area (Å²) < 4.78 is 0. The maximum absolute atomic E-state index is 6.12. The van der Waals surface area contributed by atoms with Gasteiger partial charge in [0.25, 0.3) is 0 Å². The van der Waals surface area contributed by atoms with E-state index in [1.54, 1.807) is 0 Å². The standard InChI is InChI=1S/C31H46N10/c32-28(36-22-26-8-3-1-4-9-26)30(34)38-40-18-14-24(15-19-40)12-7-13-25-16-20-41(21-17-25)39-31(35)29(33)37-23-27-10-5-2-6-11-27/h1-6,8-11,24-25H,7,12-23H2,(H2,32,36)(H2,33,37)(H2,34,38)(H2,35,39). The Bertz CT molecular complexity index is 1080. The fourth-order valence-electron chi connectivity index (χ4n) is 5.40. The molecular weight excluding hydrogens is 512 g/mol. The Morgan fingerprint density at radius 3 is 1.29 bits per heavy atom. The van der Waals surface area contributed by atoms with Crippen LogP contribution in [0.5, 0.6) is 0 Å². The number of nitrogens with two attached hydrogens (primary N) is 4. The van der Waals surface area contributed by atoms with Gasteiger partial charge in [0.05, 0.1) is 13.1 Å². The van der Waals surface area contributed by atoms with Crippen molar-refractivity contribution in [1.82, 2.24) is 10.0 Å². The summed E-state index contributed by atoms with van der Waals surface area (Å²) in [6, 6.07) is 20.0. The van der Waals surface area contributed by atoms with Crippen LogP contribution in [0.25, 0.3) is 0 Å². The summed E-state index contributed by atoms with van der Waals surface area (Å²) in [6.45, 7) is 4.65. The fourth-order valence-corrected chi connectivity index (χ4v) is 5.40. The molecule has 0 amide bonds. The van der Waals surface area contributed by atoms with E-state index in [1.165, 1.54) is 19.3 Å². The molecule has 0 unspecified atom stereocenters. The van der Waals surface area contributed by atoms with E-state index in [0.29, 0.717) is 36.4 Å². The minimum Gasteiger partial charge on any atom is -0.381 e. The summed E-state index contributed by atoms with van der Waals surface area (Å²) in [7, 11) is 0. The molecule has 2 heterocycles. The highest BCUT2D eigenvalue weighted by molar-refractivity contribution is 6.39. The van der Waals surface area contributed by atoms with Crippen LogP contribution in [0.1, 0.15) is 56.1 Å². The lowest BCUT2D eigenvalue weighted by molar-refractivity contribution is 0.168. The molecule has 0 saturated carbocycles. The molecule has 220 valence electrons. The van der Waals surface area contributed by atoms with E-state index in [-0.39, 0.29) is 0 Å². The Morgan fingerprint density at radius 2 is 0.927 bits per heavy atom. The molecule has 8 N–H and O–H groups in total. The van der Waals surface area contributed by atoms with E-state index in [2.05, 4.69) is 20.2 Å². The lowest BCUT2D eigenvalue weighted by Gasteiger charge is -2.32. The predicted molar refractivity (Wildman–Crippen MR) is 169 cm³/mol. The third kappa shape index (κ3) is 10.1. The number of hydrogen-bond acceptors (Lipinski definition) is 6. The molecule has 0 radical (unpaired) electrons. The van der Waals surface area contributed by atoms with Crippen molar-refractivity contribution in [3.63, 3.8) is 0 Å². The number of hydrogen-bond donors (Lipinski definition) is 4. The molecule has 0 spiro atoms. The summed E-state index contributed by atoms with van der Waals surface area (Å²) in [5, 5.41) is 13.1. The third-order valence-corrected chi connectivity index (χ3v) is 7.98. The predicted octanol–water partition coefficient (Wildman–Crippen LogP) is 3.24. The first kappa shape index (κ1) is 29.9. The first-order chi connectivity index (χ1) is 20.0. The molecule has 41 heavy (non-hydrogen) atoms. The Kier molecular flexibility index (Phi) is 11.4. The molecule has 2 aliphatic rings. The van der Waals surface area contributed by atoms with Gasteiger partial charge in [0.1, 0.15) is 0 Å². The molecule has 0 aliphatic carbocycles.